The van der Waals surface area contributed by atoms with Crippen LogP contribution in [0.3, 0.4) is 0 Å². The molecule has 132 valence electrons. The van der Waals surface area contributed by atoms with E-state index in [0.717, 1.165) is 17.7 Å². The number of aromatic nitrogens is 2. The van der Waals surface area contributed by atoms with E-state index >= 15 is 0 Å². The Hall–Kier alpha value is -3.35. The fourth-order valence-electron chi connectivity index (χ4n) is 2.33. The maximum Gasteiger partial charge on any atom is 0.270 e. The predicted molar refractivity (Wildman–Crippen MR) is 94.2 cm³/mol. The van der Waals surface area contributed by atoms with Crippen molar-refractivity contribution in [2.45, 2.75) is 6.42 Å². The molecule has 0 fully saturated rings. The van der Waals surface area contributed by atoms with Crippen LogP contribution in [0.15, 0.2) is 60.9 Å². The third-order valence-electron chi connectivity index (χ3n) is 3.63. The molecule has 7 heteroatoms. The van der Waals surface area contributed by atoms with Gasteiger partial charge in [0.05, 0.1) is 0 Å². The predicted octanol–water partition coefficient (Wildman–Crippen LogP) is 3.47. The highest BCUT2D eigenvalue weighted by Gasteiger charge is 2.09. The Morgan fingerprint density at radius 3 is 2.54 bits per heavy atom. The molecule has 0 aliphatic rings. The van der Waals surface area contributed by atoms with Gasteiger partial charge in [0.2, 0.25) is 0 Å². The first-order chi connectivity index (χ1) is 12.6. The molecule has 0 aliphatic heterocycles. The summed E-state index contributed by atoms with van der Waals surface area (Å²) in [6, 6.07) is 14.6. The lowest BCUT2D eigenvalue weighted by Crippen LogP contribution is -2.26. The lowest BCUT2D eigenvalue weighted by Gasteiger charge is -2.08. The highest BCUT2D eigenvalue weighted by Crippen LogP contribution is 2.17. The maximum absolute atomic E-state index is 13.3. The molecule has 0 spiro atoms. The van der Waals surface area contributed by atoms with Crippen molar-refractivity contribution >= 4 is 17.4 Å². The molecule has 26 heavy (non-hydrogen) atoms. The van der Waals surface area contributed by atoms with E-state index in [2.05, 4.69) is 20.6 Å². The highest BCUT2D eigenvalue weighted by atomic mass is 19.2. The third-order valence-corrected chi connectivity index (χ3v) is 3.63. The molecular formula is C19H16F2N4O. The number of amides is 1. The lowest BCUT2D eigenvalue weighted by molar-refractivity contribution is 0.0949. The van der Waals surface area contributed by atoms with E-state index in [4.69, 9.17) is 0 Å². The van der Waals surface area contributed by atoms with Gasteiger partial charge in [-0.25, -0.2) is 18.7 Å². The van der Waals surface area contributed by atoms with Crippen molar-refractivity contribution in [1.82, 2.24) is 15.3 Å². The Labute approximate surface area is 149 Å². The summed E-state index contributed by atoms with van der Waals surface area (Å²) >= 11 is 0. The van der Waals surface area contributed by atoms with Crippen LogP contribution >= 0.6 is 0 Å². The fourth-order valence-corrected chi connectivity index (χ4v) is 2.33. The van der Waals surface area contributed by atoms with Gasteiger partial charge in [-0.1, -0.05) is 30.3 Å². The molecule has 0 saturated heterocycles. The van der Waals surface area contributed by atoms with Gasteiger partial charge < -0.3 is 10.6 Å². The van der Waals surface area contributed by atoms with E-state index in [1.807, 2.05) is 30.3 Å². The molecule has 1 aromatic heterocycles. The molecule has 3 rings (SSSR count). The number of carbonyl (C=O) groups excluding carboxylic acids is 1. The van der Waals surface area contributed by atoms with Crippen LogP contribution in [0.4, 0.5) is 20.3 Å². The van der Waals surface area contributed by atoms with Gasteiger partial charge in [0, 0.05) is 24.4 Å². The first-order valence-electron chi connectivity index (χ1n) is 7.98. The maximum atomic E-state index is 13.3. The third kappa shape index (κ3) is 4.60. The molecule has 5 nitrogen and oxygen atoms in total. The zero-order chi connectivity index (χ0) is 18.4. The van der Waals surface area contributed by atoms with Gasteiger partial charge in [-0.3, -0.25) is 4.79 Å². The quantitative estimate of drug-likeness (QED) is 0.711. The first-order valence-corrected chi connectivity index (χ1v) is 7.98. The van der Waals surface area contributed by atoms with Gasteiger partial charge in [0.1, 0.15) is 17.8 Å². The summed E-state index contributed by atoms with van der Waals surface area (Å²) in [6.45, 7) is 0.471. The largest absolute Gasteiger partial charge is 0.350 e. The minimum atomic E-state index is -0.970. The molecule has 0 atom stereocenters. The van der Waals surface area contributed by atoms with Gasteiger partial charge in [-0.05, 0) is 24.1 Å². The van der Waals surface area contributed by atoms with Gasteiger partial charge in [-0.2, -0.15) is 0 Å². The number of halogens is 2. The van der Waals surface area contributed by atoms with Crippen LogP contribution in [-0.4, -0.2) is 22.4 Å². The number of nitrogens with zero attached hydrogens (tertiary/aromatic N) is 2. The molecule has 2 aromatic carbocycles. The van der Waals surface area contributed by atoms with Crippen LogP contribution in [0.2, 0.25) is 0 Å². The smallest absolute Gasteiger partial charge is 0.270 e. The average Bonchev–Trinajstić information content (AvgIpc) is 2.66. The summed E-state index contributed by atoms with van der Waals surface area (Å²) in [5, 5.41) is 5.60. The monoisotopic (exact) mass is 354 g/mol. The number of anilines is 2. The average molecular weight is 354 g/mol. The molecule has 1 amide bonds. The van der Waals surface area contributed by atoms with E-state index < -0.39 is 11.6 Å². The van der Waals surface area contributed by atoms with Crippen LogP contribution in [-0.2, 0) is 6.42 Å². The standard InChI is InChI=1S/C19H16F2N4O/c20-15-7-6-14(10-16(15)21)25-18-11-17(23-12-24-18)19(26)22-9-8-13-4-2-1-3-5-13/h1-7,10-12H,8-9H2,(H,22,26)(H,23,24,25). The number of nitrogens with one attached hydrogen (secondary N) is 2. The normalized spacial score (nSPS) is 10.4. The molecule has 0 aliphatic carbocycles. The fraction of sp³-hybridized carbons (Fsp3) is 0.105. The Morgan fingerprint density at radius 1 is 0.962 bits per heavy atom. The van der Waals surface area contributed by atoms with Crippen molar-refractivity contribution in [3.05, 3.63) is 83.8 Å². The molecule has 0 saturated carbocycles. The van der Waals surface area contributed by atoms with Gasteiger partial charge in [0.15, 0.2) is 11.6 Å². The summed E-state index contributed by atoms with van der Waals surface area (Å²) in [7, 11) is 0. The molecule has 3 aromatic rings. The Balaban J connectivity index is 1.60. The van der Waals surface area contributed by atoms with Crippen molar-refractivity contribution < 1.29 is 13.6 Å². The van der Waals surface area contributed by atoms with Crippen LogP contribution in [0, 0.1) is 11.6 Å². The van der Waals surface area contributed by atoms with Crippen LogP contribution in [0.5, 0.6) is 0 Å². The van der Waals surface area contributed by atoms with Crippen molar-refractivity contribution in [2.24, 2.45) is 0 Å². The zero-order valence-corrected chi connectivity index (χ0v) is 13.7. The molecule has 0 bridgehead atoms. The molecule has 0 unspecified atom stereocenters. The topological polar surface area (TPSA) is 66.9 Å². The highest BCUT2D eigenvalue weighted by molar-refractivity contribution is 5.92. The SMILES string of the molecule is O=C(NCCc1ccccc1)c1cc(Nc2ccc(F)c(F)c2)ncn1. The second-order valence-corrected chi connectivity index (χ2v) is 5.53. The van der Waals surface area contributed by atoms with E-state index in [0.29, 0.717) is 24.5 Å². The van der Waals surface area contributed by atoms with E-state index in [-0.39, 0.29) is 11.6 Å². The Kier molecular flexibility index (Phi) is 5.48. The lowest BCUT2D eigenvalue weighted by atomic mass is 10.1. The summed E-state index contributed by atoms with van der Waals surface area (Å²) in [6.07, 6.45) is 1.94. The minimum absolute atomic E-state index is 0.179. The Morgan fingerprint density at radius 2 is 1.77 bits per heavy atom. The first kappa shape index (κ1) is 17.5. The molecule has 0 radical (unpaired) electrons. The van der Waals surface area contributed by atoms with E-state index in [9.17, 15) is 13.6 Å². The summed E-state index contributed by atoms with van der Waals surface area (Å²) in [5.74, 6) is -1.93. The summed E-state index contributed by atoms with van der Waals surface area (Å²) in [5.41, 5.74) is 1.62. The van der Waals surface area contributed by atoms with Crippen LogP contribution < -0.4 is 10.6 Å². The minimum Gasteiger partial charge on any atom is -0.350 e. The van der Waals surface area contributed by atoms with Crippen molar-refractivity contribution in [3.8, 4) is 0 Å². The summed E-state index contributed by atoms with van der Waals surface area (Å²) < 4.78 is 26.2. The van der Waals surface area contributed by atoms with Crippen molar-refractivity contribution in [3.63, 3.8) is 0 Å². The second-order valence-electron chi connectivity index (χ2n) is 5.53. The van der Waals surface area contributed by atoms with Crippen molar-refractivity contribution in [2.75, 3.05) is 11.9 Å². The number of carbonyl (C=O) groups is 1. The molecule has 1 heterocycles. The van der Waals surface area contributed by atoms with E-state index in [1.165, 1.54) is 18.5 Å². The number of hydrogen-bond donors (Lipinski definition) is 2. The number of hydrogen-bond acceptors (Lipinski definition) is 4. The zero-order valence-electron chi connectivity index (χ0n) is 13.7. The Bertz CT molecular complexity index is 903. The number of rotatable bonds is 6. The second kappa shape index (κ2) is 8.15. The summed E-state index contributed by atoms with van der Waals surface area (Å²) in [4.78, 5) is 20.1. The molecule has 2 N–H and O–H groups in total. The van der Waals surface area contributed by atoms with Gasteiger partial charge in [-0.15, -0.1) is 0 Å². The van der Waals surface area contributed by atoms with Crippen molar-refractivity contribution in [1.29, 1.82) is 0 Å². The molecular weight excluding hydrogens is 338 g/mol. The van der Waals surface area contributed by atoms with Crippen LogP contribution in [0.1, 0.15) is 16.1 Å². The van der Waals surface area contributed by atoms with Crippen LogP contribution in [0.25, 0.3) is 0 Å². The van der Waals surface area contributed by atoms with E-state index in [1.54, 1.807) is 0 Å². The van der Waals surface area contributed by atoms with Gasteiger partial charge in [0.25, 0.3) is 5.91 Å². The van der Waals surface area contributed by atoms with Gasteiger partial charge >= 0.3 is 0 Å². The number of benzene rings is 2.